The van der Waals surface area contributed by atoms with E-state index in [0.717, 1.165) is 16.9 Å². The van der Waals surface area contributed by atoms with Crippen molar-refractivity contribution in [1.82, 2.24) is 0 Å². The van der Waals surface area contributed by atoms with Crippen LogP contribution < -0.4 is 4.74 Å². The summed E-state index contributed by atoms with van der Waals surface area (Å²) in [5.41, 5.74) is 1.84. The summed E-state index contributed by atoms with van der Waals surface area (Å²) >= 11 is 0. The van der Waals surface area contributed by atoms with Crippen LogP contribution in [-0.2, 0) is 16.1 Å². The fourth-order valence-corrected chi connectivity index (χ4v) is 1.75. The molecule has 1 rings (SSSR count). The van der Waals surface area contributed by atoms with Crippen LogP contribution in [0.3, 0.4) is 0 Å². The third-order valence-electron chi connectivity index (χ3n) is 2.83. The summed E-state index contributed by atoms with van der Waals surface area (Å²) in [5, 5.41) is 8.74. The van der Waals surface area contributed by atoms with Crippen LogP contribution in [0, 0.1) is 11.8 Å². The second kappa shape index (κ2) is 10.2. The minimum absolute atomic E-state index is 0.0267. The van der Waals surface area contributed by atoms with Crippen molar-refractivity contribution < 1.29 is 19.3 Å². The van der Waals surface area contributed by atoms with E-state index in [4.69, 9.17) is 19.3 Å². The Bertz CT molecular complexity index is 473. The third-order valence-corrected chi connectivity index (χ3v) is 2.83. The van der Waals surface area contributed by atoms with Gasteiger partial charge < -0.3 is 19.3 Å². The molecule has 0 aliphatic heterocycles. The minimum atomic E-state index is 0.0267. The van der Waals surface area contributed by atoms with Crippen molar-refractivity contribution in [2.45, 2.75) is 33.0 Å². The number of methoxy groups -OCH3 is 1. The van der Waals surface area contributed by atoms with Gasteiger partial charge in [-0.3, -0.25) is 0 Å². The number of aliphatic hydroxyl groups excluding tert-OH is 1. The molecule has 21 heavy (non-hydrogen) atoms. The third kappa shape index (κ3) is 6.63. The molecule has 0 saturated heterocycles. The quantitative estimate of drug-likeness (QED) is 0.747. The summed E-state index contributed by atoms with van der Waals surface area (Å²) in [5.74, 6) is 6.70. The van der Waals surface area contributed by atoms with Crippen molar-refractivity contribution in [3.8, 4) is 17.6 Å². The summed E-state index contributed by atoms with van der Waals surface area (Å²) in [6, 6.07) is 5.74. The molecule has 0 amide bonds. The highest BCUT2D eigenvalue weighted by atomic mass is 16.5. The summed E-state index contributed by atoms with van der Waals surface area (Å²) in [7, 11) is 1.64. The average molecular weight is 292 g/mol. The maximum absolute atomic E-state index is 8.74. The van der Waals surface area contributed by atoms with Crippen LogP contribution in [0.25, 0.3) is 0 Å². The second-order valence-electron chi connectivity index (χ2n) is 4.58. The van der Waals surface area contributed by atoms with Crippen molar-refractivity contribution in [3.63, 3.8) is 0 Å². The molecule has 0 fully saturated rings. The van der Waals surface area contributed by atoms with Gasteiger partial charge in [-0.1, -0.05) is 11.8 Å². The second-order valence-corrected chi connectivity index (χ2v) is 4.58. The van der Waals surface area contributed by atoms with Gasteiger partial charge in [0.2, 0.25) is 0 Å². The lowest BCUT2D eigenvalue weighted by Gasteiger charge is -2.15. The molecule has 1 aromatic rings. The van der Waals surface area contributed by atoms with Crippen LogP contribution in [0.15, 0.2) is 18.2 Å². The van der Waals surface area contributed by atoms with Gasteiger partial charge in [-0.25, -0.2) is 0 Å². The normalized spacial score (nSPS) is 11.6. The van der Waals surface area contributed by atoms with E-state index in [2.05, 4.69) is 11.8 Å². The SMILES string of the molecule is CCOCC(C)OCc1cc(C#CCCO)ccc1OC. The molecule has 1 N–H and O–H groups in total. The Labute approximate surface area is 127 Å². The topological polar surface area (TPSA) is 47.9 Å². The standard InChI is InChI=1S/C17H24O4/c1-4-20-12-14(2)21-13-16-11-15(7-5-6-10-18)8-9-17(16)19-3/h8-9,11,14,18H,4,6,10,12-13H2,1-3H3. The summed E-state index contributed by atoms with van der Waals surface area (Å²) in [6.07, 6.45) is 0.502. The molecule has 1 atom stereocenters. The van der Waals surface area contributed by atoms with E-state index in [1.54, 1.807) is 7.11 Å². The van der Waals surface area contributed by atoms with E-state index in [1.165, 1.54) is 0 Å². The summed E-state index contributed by atoms with van der Waals surface area (Å²) < 4.78 is 16.4. The Morgan fingerprint density at radius 3 is 2.81 bits per heavy atom. The van der Waals surface area contributed by atoms with E-state index in [9.17, 15) is 0 Å². The maximum Gasteiger partial charge on any atom is 0.124 e. The lowest BCUT2D eigenvalue weighted by atomic mass is 10.1. The molecule has 0 aromatic heterocycles. The first-order valence-electron chi connectivity index (χ1n) is 7.17. The van der Waals surface area contributed by atoms with Gasteiger partial charge in [-0.15, -0.1) is 0 Å². The van der Waals surface area contributed by atoms with E-state index >= 15 is 0 Å². The zero-order valence-corrected chi connectivity index (χ0v) is 13.0. The number of hydrogen-bond acceptors (Lipinski definition) is 4. The largest absolute Gasteiger partial charge is 0.496 e. The Hall–Kier alpha value is -1.54. The molecule has 0 aliphatic carbocycles. The van der Waals surface area contributed by atoms with Gasteiger partial charge in [0, 0.05) is 24.2 Å². The molecule has 4 heteroatoms. The van der Waals surface area contributed by atoms with Crippen LogP contribution in [0.5, 0.6) is 5.75 Å². The number of aliphatic hydroxyl groups is 1. The summed E-state index contributed by atoms with van der Waals surface area (Å²) in [6.45, 7) is 5.74. The van der Waals surface area contributed by atoms with Crippen LogP contribution in [0.2, 0.25) is 0 Å². The van der Waals surface area contributed by atoms with Crippen molar-refractivity contribution in [1.29, 1.82) is 0 Å². The van der Waals surface area contributed by atoms with Crippen molar-refractivity contribution in [2.75, 3.05) is 26.9 Å². The van der Waals surface area contributed by atoms with Crippen molar-refractivity contribution in [3.05, 3.63) is 29.3 Å². The highest BCUT2D eigenvalue weighted by Gasteiger charge is 2.07. The first-order valence-corrected chi connectivity index (χ1v) is 7.17. The predicted molar refractivity (Wildman–Crippen MR) is 82.3 cm³/mol. The molecular formula is C17H24O4. The van der Waals surface area contributed by atoms with Gasteiger partial charge in [0.15, 0.2) is 0 Å². The molecule has 0 heterocycles. The lowest BCUT2D eigenvalue weighted by molar-refractivity contribution is -0.0121. The van der Waals surface area contributed by atoms with E-state index in [1.807, 2.05) is 32.0 Å². The van der Waals surface area contributed by atoms with E-state index in [-0.39, 0.29) is 12.7 Å². The van der Waals surface area contributed by atoms with Crippen LogP contribution in [0.4, 0.5) is 0 Å². The molecule has 116 valence electrons. The zero-order valence-electron chi connectivity index (χ0n) is 13.0. The van der Waals surface area contributed by atoms with Crippen LogP contribution in [-0.4, -0.2) is 38.1 Å². The van der Waals surface area contributed by atoms with Crippen molar-refractivity contribution >= 4 is 0 Å². The molecule has 4 nitrogen and oxygen atoms in total. The first-order chi connectivity index (χ1) is 10.2. The van der Waals surface area contributed by atoms with Crippen LogP contribution in [0.1, 0.15) is 31.4 Å². The van der Waals surface area contributed by atoms with Gasteiger partial charge >= 0.3 is 0 Å². The van der Waals surface area contributed by atoms with Gasteiger partial charge in [-0.05, 0) is 32.0 Å². The molecular weight excluding hydrogens is 268 g/mol. The monoisotopic (exact) mass is 292 g/mol. The van der Waals surface area contributed by atoms with Crippen molar-refractivity contribution in [2.24, 2.45) is 0 Å². The zero-order chi connectivity index (χ0) is 15.5. The Kier molecular flexibility index (Phi) is 8.53. The molecule has 0 spiro atoms. The molecule has 0 saturated carbocycles. The number of hydrogen-bond donors (Lipinski definition) is 1. The molecule has 0 aliphatic rings. The fourth-order valence-electron chi connectivity index (χ4n) is 1.75. The number of benzene rings is 1. The van der Waals surface area contributed by atoms with Crippen LogP contribution >= 0.6 is 0 Å². The fraction of sp³-hybridized carbons (Fsp3) is 0.529. The minimum Gasteiger partial charge on any atom is -0.496 e. The van der Waals surface area contributed by atoms with Gasteiger partial charge in [-0.2, -0.15) is 0 Å². The predicted octanol–water partition coefficient (Wildman–Crippen LogP) is 2.37. The summed E-state index contributed by atoms with van der Waals surface area (Å²) in [4.78, 5) is 0. The maximum atomic E-state index is 8.74. The lowest BCUT2D eigenvalue weighted by Crippen LogP contribution is -2.16. The van der Waals surface area contributed by atoms with Gasteiger partial charge in [0.1, 0.15) is 5.75 Å². The Morgan fingerprint density at radius 2 is 2.14 bits per heavy atom. The number of rotatable bonds is 8. The molecule has 0 radical (unpaired) electrons. The smallest absolute Gasteiger partial charge is 0.124 e. The molecule has 1 unspecified atom stereocenters. The van der Waals surface area contributed by atoms with E-state index < -0.39 is 0 Å². The van der Waals surface area contributed by atoms with E-state index in [0.29, 0.717) is 26.2 Å². The molecule has 1 aromatic carbocycles. The molecule has 0 bridgehead atoms. The average Bonchev–Trinajstić information content (AvgIpc) is 2.51. The highest BCUT2D eigenvalue weighted by molar-refractivity contribution is 5.44. The first kappa shape index (κ1) is 17.5. The van der Waals surface area contributed by atoms with Gasteiger partial charge in [0.25, 0.3) is 0 Å². The number of ether oxygens (including phenoxy) is 3. The van der Waals surface area contributed by atoms with Gasteiger partial charge in [0.05, 0.1) is 33.0 Å². The Morgan fingerprint density at radius 1 is 1.33 bits per heavy atom. The Balaban J connectivity index is 2.70. The highest BCUT2D eigenvalue weighted by Crippen LogP contribution is 2.21.